The third kappa shape index (κ3) is 2.35. The van der Waals surface area contributed by atoms with Crippen LogP contribution in [-0.2, 0) is 14.3 Å². The van der Waals surface area contributed by atoms with Crippen molar-refractivity contribution in [3.05, 3.63) is 0 Å². The Labute approximate surface area is 104 Å². The van der Waals surface area contributed by atoms with Crippen LogP contribution in [-0.4, -0.2) is 26.8 Å². The van der Waals surface area contributed by atoms with Crippen molar-refractivity contribution >= 4 is 5.97 Å². The summed E-state index contributed by atoms with van der Waals surface area (Å²) in [6.07, 6.45) is 9.12. The van der Waals surface area contributed by atoms with Gasteiger partial charge in [0.05, 0.1) is 12.5 Å². The van der Waals surface area contributed by atoms with Gasteiger partial charge in [0.1, 0.15) is 0 Å². The largest absolute Gasteiger partial charge is 0.469 e. The van der Waals surface area contributed by atoms with Gasteiger partial charge in [-0.05, 0) is 56.8 Å². The van der Waals surface area contributed by atoms with Crippen molar-refractivity contribution in [1.29, 1.82) is 0 Å². The van der Waals surface area contributed by atoms with Crippen LogP contribution in [0.5, 0.6) is 0 Å². The first kappa shape index (κ1) is 12.9. The van der Waals surface area contributed by atoms with E-state index in [0.29, 0.717) is 5.41 Å². The smallest absolute Gasteiger partial charge is 0.311 e. The Kier molecular flexibility index (Phi) is 3.76. The number of rotatable bonds is 5. The summed E-state index contributed by atoms with van der Waals surface area (Å²) < 4.78 is 10.1. The number of ether oxygens (including phenoxy) is 2. The van der Waals surface area contributed by atoms with Gasteiger partial charge in [0.2, 0.25) is 0 Å². The van der Waals surface area contributed by atoms with E-state index in [9.17, 15) is 4.79 Å². The van der Waals surface area contributed by atoms with Crippen LogP contribution in [0.1, 0.15) is 51.4 Å². The molecular formula is C14H24O3. The van der Waals surface area contributed by atoms with Gasteiger partial charge >= 0.3 is 5.97 Å². The molecule has 3 fully saturated rings. The Morgan fingerprint density at radius 3 is 2.12 bits per heavy atom. The van der Waals surface area contributed by atoms with Crippen LogP contribution < -0.4 is 0 Å². The molecule has 0 atom stereocenters. The number of methoxy groups -OCH3 is 2. The van der Waals surface area contributed by atoms with Gasteiger partial charge in [-0.25, -0.2) is 0 Å². The summed E-state index contributed by atoms with van der Waals surface area (Å²) in [5.74, 6) is 0.0303. The van der Waals surface area contributed by atoms with Gasteiger partial charge in [0.15, 0.2) is 0 Å². The lowest BCUT2D eigenvalue weighted by molar-refractivity contribution is -0.163. The van der Waals surface area contributed by atoms with Crippen molar-refractivity contribution in [3.8, 4) is 0 Å². The van der Waals surface area contributed by atoms with Gasteiger partial charge in [-0.3, -0.25) is 4.79 Å². The van der Waals surface area contributed by atoms with Gasteiger partial charge in [0, 0.05) is 13.7 Å². The van der Waals surface area contributed by atoms with Crippen molar-refractivity contribution < 1.29 is 14.3 Å². The van der Waals surface area contributed by atoms with Crippen molar-refractivity contribution in [2.75, 3.05) is 20.8 Å². The molecule has 0 unspecified atom stereocenters. The van der Waals surface area contributed by atoms with Gasteiger partial charge in [-0.15, -0.1) is 0 Å². The Morgan fingerprint density at radius 2 is 1.65 bits per heavy atom. The first-order chi connectivity index (χ1) is 8.16. The standard InChI is InChI=1S/C14H24O3/c1-16-11-3-4-13-5-8-14(9-6-13,10-7-13)12(15)17-2/h3-11H2,1-2H3. The van der Waals surface area contributed by atoms with E-state index in [1.807, 2.05) is 0 Å². The second-order valence-corrected chi connectivity index (χ2v) is 5.87. The minimum atomic E-state index is -0.127. The molecule has 3 rings (SSSR count). The number of carbonyl (C=O) groups is 1. The quantitative estimate of drug-likeness (QED) is 0.547. The molecule has 0 aromatic heterocycles. The zero-order valence-corrected chi connectivity index (χ0v) is 11.1. The average molecular weight is 240 g/mol. The predicted octanol–water partition coefficient (Wildman–Crippen LogP) is 2.93. The summed E-state index contributed by atoms with van der Waals surface area (Å²) in [5, 5.41) is 0. The van der Waals surface area contributed by atoms with Gasteiger partial charge < -0.3 is 9.47 Å². The van der Waals surface area contributed by atoms with Gasteiger partial charge in [-0.2, -0.15) is 0 Å². The fourth-order valence-corrected chi connectivity index (χ4v) is 3.75. The monoisotopic (exact) mass is 240 g/mol. The molecule has 3 aliphatic rings. The number of hydrogen-bond donors (Lipinski definition) is 0. The van der Waals surface area contributed by atoms with E-state index in [1.54, 1.807) is 7.11 Å². The molecule has 0 amide bonds. The molecular weight excluding hydrogens is 216 g/mol. The zero-order chi connectivity index (χ0) is 12.4. The van der Waals surface area contributed by atoms with Crippen LogP contribution in [0.15, 0.2) is 0 Å². The lowest BCUT2D eigenvalue weighted by atomic mass is 9.52. The van der Waals surface area contributed by atoms with Crippen LogP contribution in [0.25, 0.3) is 0 Å². The molecule has 3 saturated carbocycles. The highest BCUT2D eigenvalue weighted by molar-refractivity contribution is 5.77. The summed E-state index contributed by atoms with van der Waals surface area (Å²) in [6, 6.07) is 0. The topological polar surface area (TPSA) is 35.5 Å². The molecule has 98 valence electrons. The molecule has 0 N–H and O–H groups in total. The Bertz CT molecular complexity index is 261. The molecule has 0 aromatic rings. The third-order valence-electron chi connectivity index (χ3n) is 5.08. The van der Waals surface area contributed by atoms with E-state index in [1.165, 1.54) is 32.8 Å². The van der Waals surface area contributed by atoms with Crippen LogP contribution in [0.3, 0.4) is 0 Å². The highest BCUT2D eigenvalue weighted by Gasteiger charge is 2.52. The van der Waals surface area contributed by atoms with Crippen molar-refractivity contribution in [1.82, 2.24) is 0 Å². The van der Waals surface area contributed by atoms with Crippen LogP contribution in [0.2, 0.25) is 0 Å². The molecule has 3 heteroatoms. The minimum Gasteiger partial charge on any atom is -0.469 e. The second kappa shape index (κ2) is 4.97. The third-order valence-corrected chi connectivity index (χ3v) is 5.08. The molecule has 0 heterocycles. The number of hydrogen-bond acceptors (Lipinski definition) is 3. The summed E-state index contributed by atoms with van der Waals surface area (Å²) in [4.78, 5) is 11.9. The van der Waals surface area contributed by atoms with E-state index in [2.05, 4.69) is 0 Å². The molecule has 17 heavy (non-hydrogen) atoms. The molecule has 0 aliphatic heterocycles. The SMILES string of the molecule is COCCCC12CCC(C(=O)OC)(CC1)CC2. The maximum Gasteiger partial charge on any atom is 0.311 e. The van der Waals surface area contributed by atoms with Crippen LogP contribution in [0, 0.1) is 10.8 Å². The van der Waals surface area contributed by atoms with Crippen LogP contribution in [0.4, 0.5) is 0 Å². The van der Waals surface area contributed by atoms with Crippen LogP contribution >= 0.6 is 0 Å². The maximum atomic E-state index is 11.9. The van der Waals surface area contributed by atoms with E-state index in [0.717, 1.165) is 32.3 Å². The van der Waals surface area contributed by atoms with Crippen molar-refractivity contribution in [3.63, 3.8) is 0 Å². The zero-order valence-electron chi connectivity index (χ0n) is 11.1. The Hall–Kier alpha value is -0.570. The highest BCUT2D eigenvalue weighted by atomic mass is 16.5. The summed E-state index contributed by atoms with van der Waals surface area (Å²) >= 11 is 0. The van der Waals surface area contributed by atoms with Crippen molar-refractivity contribution in [2.24, 2.45) is 10.8 Å². The first-order valence-electron chi connectivity index (χ1n) is 6.74. The molecule has 3 aliphatic carbocycles. The Balaban J connectivity index is 1.92. The van der Waals surface area contributed by atoms with Gasteiger partial charge in [-0.1, -0.05) is 0 Å². The second-order valence-electron chi connectivity index (χ2n) is 5.87. The molecule has 3 nitrogen and oxygen atoms in total. The molecule has 0 radical (unpaired) electrons. The summed E-state index contributed by atoms with van der Waals surface area (Å²) in [7, 11) is 3.29. The molecule has 2 bridgehead atoms. The lowest BCUT2D eigenvalue weighted by Gasteiger charge is -2.52. The summed E-state index contributed by atoms with van der Waals surface area (Å²) in [5.41, 5.74) is 0.381. The molecule has 0 aromatic carbocycles. The highest BCUT2D eigenvalue weighted by Crippen LogP contribution is 2.58. The fourth-order valence-electron chi connectivity index (χ4n) is 3.75. The van der Waals surface area contributed by atoms with Gasteiger partial charge in [0.25, 0.3) is 0 Å². The summed E-state index contributed by atoms with van der Waals surface area (Å²) in [6.45, 7) is 0.865. The van der Waals surface area contributed by atoms with E-state index >= 15 is 0 Å². The van der Waals surface area contributed by atoms with Crippen molar-refractivity contribution in [2.45, 2.75) is 51.4 Å². The molecule has 0 spiro atoms. The minimum absolute atomic E-state index is 0.0303. The Morgan fingerprint density at radius 1 is 1.06 bits per heavy atom. The average Bonchev–Trinajstić information content (AvgIpc) is 2.40. The molecule has 0 saturated heterocycles. The van der Waals surface area contributed by atoms with E-state index in [4.69, 9.17) is 9.47 Å². The van der Waals surface area contributed by atoms with E-state index in [-0.39, 0.29) is 11.4 Å². The number of carbonyl (C=O) groups excluding carboxylic acids is 1. The number of esters is 1. The van der Waals surface area contributed by atoms with E-state index < -0.39 is 0 Å². The predicted molar refractivity (Wildman–Crippen MR) is 65.7 cm³/mol. The number of fused-ring (bicyclic) bond motifs is 3. The first-order valence-corrected chi connectivity index (χ1v) is 6.74. The fraction of sp³-hybridized carbons (Fsp3) is 0.929. The maximum absolute atomic E-state index is 11.9. The lowest BCUT2D eigenvalue weighted by Crippen LogP contribution is -2.46. The normalized spacial score (nSPS) is 35.9.